The molecule has 0 aromatic heterocycles. The van der Waals surface area contributed by atoms with E-state index in [0.717, 1.165) is 30.1 Å². The summed E-state index contributed by atoms with van der Waals surface area (Å²) in [5.41, 5.74) is 2.12. The van der Waals surface area contributed by atoms with Crippen LogP contribution in [0, 0.1) is 0 Å². The van der Waals surface area contributed by atoms with Crippen molar-refractivity contribution in [3.8, 4) is 0 Å². The van der Waals surface area contributed by atoms with Crippen LogP contribution in [0.15, 0.2) is 42.5 Å². The fourth-order valence-electron chi connectivity index (χ4n) is 2.31. The zero-order valence-electron chi connectivity index (χ0n) is 11.8. The summed E-state index contributed by atoms with van der Waals surface area (Å²) in [6.45, 7) is 6.27. The molecule has 20 heavy (non-hydrogen) atoms. The van der Waals surface area contributed by atoms with Gasteiger partial charge in [-0.2, -0.15) is 0 Å². The quantitative estimate of drug-likeness (QED) is 0.840. The van der Waals surface area contributed by atoms with Crippen LogP contribution >= 0.6 is 0 Å². The van der Waals surface area contributed by atoms with Gasteiger partial charge in [0, 0.05) is 24.9 Å². The first-order valence-electron chi connectivity index (χ1n) is 6.83. The van der Waals surface area contributed by atoms with Crippen molar-refractivity contribution in [3.05, 3.63) is 48.0 Å². The van der Waals surface area contributed by atoms with E-state index in [2.05, 4.69) is 36.9 Å². The van der Waals surface area contributed by atoms with E-state index >= 15 is 0 Å². The number of hydrogen-bond acceptors (Lipinski definition) is 2. The maximum absolute atomic E-state index is 10.5. The SMILES string of the molecule is CCN(CC)c1ccc2cc(/C=C/C(=O)O)ccc2c1. The first-order chi connectivity index (χ1) is 9.63. The number of carboxylic acid groups (broad SMARTS) is 1. The number of hydrogen-bond donors (Lipinski definition) is 1. The highest BCUT2D eigenvalue weighted by molar-refractivity contribution is 5.90. The normalized spacial score (nSPS) is 11.1. The first-order valence-corrected chi connectivity index (χ1v) is 6.83. The molecule has 0 aliphatic heterocycles. The minimum Gasteiger partial charge on any atom is -0.478 e. The molecular weight excluding hydrogens is 250 g/mol. The Labute approximate surface area is 119 Å². The zero-order chi connectivity index (χ0) is 14.5. The number of anilines is 1. The van der Waals surface area contributed by atoms with Crippen molar-refractivity contribution in [3.63, 3.8) is 0 Å². The number of benzene rings is 2. The Bertz CT molecular complexity index is 642. The van der Waals surface area contributed by atoms with Crippen LogP contribution in [0.5, 0.6) is 0 Å². The molecule has 0 spiro atoms. The summed E-state index contributed by atoms with van der Waals surface area (Å²) in [4.78, 5) is 12.8. The molecule has 0 aliphatic carbocycles. The molecule has 0 atom stereocenters. The molecule has 2 rings (SSSR count). The Kier molecular flexibility index (Phi) is 4.41. The van der Waals surface area contributed by atoms with E-state index in [-0.39, 0.29) is 0 Å². The van der Waals surface area contributed by atoms with E-state index in [9.17, 15) is 4.79 Å². The highest BCUT2D eigenvalue weighted by Gasteiger charge is 2.03. The second-order valence-corrected chi connectivity index (χ2v) is 4.63. The third-order valence-electron chi connectivity index (χ3n) is 3.39. The summed E-state index contributed by atoms with van der Waals surface area (Å²) < 4.78 is 0. The molecule has 2 aromatic rings. The van der Waals surface area contributed by atoms with Crippen molar-refractivity contribution in [2.24, 2.45) is 0 Å². The Hall–Kier alpha value is -2.29. The lowest BCUT2D eigenvalue weighted by molar-refractivity contribution is -0.131. The third-order valence-corrected chi connectivity index (χ3v) is 3.39. The minimum absolute atomic E-state index is 0.899. The largest absolute Gasteiger partial charge is 0.478 e. The molecule has 1 N–H and O–H groups in total. The summed E-state index contributed by atoms with van der Waals surface area (Å²) in [7, 11) is 0. The molecule has 2 aromatic carbocycles. The van der Waals surface area contributed by atoms with Gasteiger partial charge in [-0.3, -0.25) is 0 Å². The van der Waals surface area contributed by atoms with Gasteiger partial charge in [-0.15, -0.1) is 0 Å². The van der Waals surface area contributed by atoms with E-state index in [1.165, 1.54) is 11.1 Å². The molecule has 0 amide bonds. The van der Waals surface area contributed by atoms with Gasteiger partial charge in [0.1, 0.15) is 0 Å². The molecule has 3 heteroatoms. The van der Waals surface area contributed by atoms with Gasteiger partial charge < -0.3 is 10.0 Å². The average Bonchev–Trinajstić information content (AvgIpc) is 2.46. The smallest absolute Gasteiger partial charge is 0.328 e. The first kappa shape index (κ1) is 14.1. The summed E-state index contributed by atoms with van der Waals surface area (Å²) >= 11 is 0. The number of rotatable bonds is 5. The lowest BCUT2D eigenvalue weighted by Gasteiger charge is -2.21. The lowest BCUT2D eigenvalue weighted by Crippen LogP contribution is -2.21. The van der Waals surface area contributed by atoms with Crippen LogP contribution in [-0.4, -0.2) is 24.2 Å². The van der Waals surface area contributed by atoms with Crippen LogP contribution in [0.3, 0.4) is 0 Å². The molecule has 3 nitrogen and oxygen atoms in total. The Morgan fingerprint density at radius 3 is 2.40 bits per heavy atom. The topological polar surface area (TPSA) is 40.5 Å². The van der Waals surface area contributed by atoms with Crippen LogP contribution in [0.2, 0.25) is 0 Å². The second kappa shape index (κ2) is 6.24. The molecule has 0 aliphatic rings. The summed E-state index contributed by atoms with van der Waals surface area (Å²) in [5, 5.41) is 10.9. The van der Waals surface area contributed by atoms with Crippen molar-refractivity contribution in [1.82, 2.24) is 0 Å². The fourth-order valence-corrected chi connectivity index (χ4v) is 2.31. The Morgan fingerprint density at radius 1 is 1.10 bits per heavy atom. The number of nitrogens with zero attached hydrogens (tertiary/aromatic N) is 1. The second-order valence-electron chi connectivity index (χ2n) is 4.63. The number of carboxylic acids is 1. The Morgan fingerprint density at radius 2 is 1.75 bits per heavy atom. The van der Waals surface area contributed by atoms with Crippen molar-refractivity contribution >= 4 is 28.5 Å². The van der Waals surface area contributed by atoms with Crippen molar-refractivity contribution < 1.29 is 9.90 Å². The van der Waals surface area contributed by atoms with Crippen molar-refractivity contribution in [2.75, 3.05) is 18.0 Å². The van der Waals surface area contributed by atoms with E-state index < -0.39 is 5.97 Å². The van der Waals surface area contributed by atoms with Gasteiger partial charge in [0.25, 0.3) is 0 Å². The standard InChI is InChI=1S/C17H19NO2/c1-3-18(4-2)16-9-8-14-11-13(6-10-17(19)20)5-7-15(14)12-16/h5-12H,3-4H2,1-2H3,(H,19,20)/b10-6+. The van der Waals surface area contributed by atoms with Crippen molar-refractivity contribution in [1.29, 1.82) is 0 Å². The van der Waals surface area contributed by atoms with Crippen LogP contribution in [-0.2, 0) is 4.79 Å². The van der Waals surface area contributed by atoms with Gasteiger partial charge in [0.15, 0.2) is 0 Å². The monoisotopic (exact) mass is 269 g/mol. The third kappa shape index (κ3) is 3.18. The van der Waals surface area contributed by atoms with Gasteiger partial charge in [-0.05, 0) is 54.5 Å². The van der Waals surface area contributed by atoms with Gasteiger partial charge >= 0.3 is 5.97 Å². The maximum atomic E-state index is 10.5. The Balaban J connectivity index is 2.36. The molecule has 0 saturated heterocycles. The number of fused-ring (bicyclic) bond motifs is 1. The van der Waals surface area contributed by atoms with E-state index in [1.807, 2.05) is 18.2 Å². The molecule has 0 radical (unpaired) electrons. The van der Waals surface area contributed by atoms with E-state index in [1.54, 1.807) is 6.08 Å². The number of aliphatic carboxylic acids is 1. The molecule has 104 valence electrons. The summed E-state index contributed by atoms with van der Waals surface area (Å²) in [6.07, 6.45) is 2.77. The highest BCUT2D eigenvalue weighted by atomic mass is 16.4. The zero-order valence-corrected chi connectivity index (χ0v) is 11.8. The van der Waals surface area contributed by atoms with Crippen LogP contribution in [0.25, 0.3) is 16.8 Å². The highest BCUT2D eigenvalue weighted by Crippen LogP contribution is 2.23. The molecule has 0 saturated carbocycles. The van der Waals surface area contributed by atoms with Crippen LogP contribution in [0.4, 0.5) is 5.69 Å². The molecule has 0 unspecified atom stereocenters. The number of carbonyl (C=O) groups is 1. The predicted molar refractivity (Wildman–Crippen MR) is 84.2 cm³/mol. The maximum Gasteiger partial charge on any atom is 0.328 e. The fraction of sp³-hybridized carbons (Fsp3) is 0.235. The summed E-state index contributed by atoms with van der Waals surface area (Å²) in [6, 6.07) is 12.3. The molecule has 0 fully saturated rings. The van der Waals surface area contributed by atoms with Gasteiger partial charge in [0.05, 0.1) is 0 Å². The molecule has 0 bridgehead atoms. The van der Waals surface area contributed by atoms with E-state index in [4.69, 9.17) is 5.11 Å². The lowest BCUT2D eigenvalue weighted by atomic mass is 10.1. The van der Waals surface area contributed by atoms with Crippen molar-refractivity contribution in [2.45, 2.75) is 13.8 Å². The molecule has 0 heterocycles. The average molecular weight is 269 g/mol. The summed E-state index contributed by atoms with van der Waals surface area (Å²) in [5.74, 6) is -0.929. The van der Waals surface area contributed by atoms with Crippen LogP contribution in [0.1, 0.15) is 19.4 Å². The van der Waals surface area contributed by atoms with Gasteiger partial charge in [-0.1, -0.05) is 18.2 Å². The van der Waals surface area contributed by atoms with E-state index in [0.29, 0.717) is 0 Å². The van der Waals surface area contributed by atoms with Gasteiger partial charge in [0.2, 0.25) is 0 Å². The predicted octanol–water partition coefficient (Wildman–Crippen LogP) is 3.78. The van der Waals surface area contributed by atoms with Gasteiger partial charge in [-0.25, -0.2) is 4.79 Å². The molecular formula is C17H19NO2. The minimum atomic E-state index is -0.929. The van der Waals surface area contributed by atoms with Crippen LogP contribution < -0.4 is 4.90 Å².